The first kappa shape index (κ1) is 13.8. The molecular formula is C20H20O. The fraction of sp³-hybridized carbons (Fsp3) is 0.250. The Morgan fingerprint density at radius 2 is 1.67 bits per heavy atom. The molecule has 1 atom stereocenters. The first-order valence-corrected chi connectivity index (χ1v) is 7.47. The van der Waals surface area contributed by atoms with Crippen LogP contribution in [0.5, 0.6) is 0 Å². The van der Waals surface area contributed by atoms with Crippen molar-refractivity contribution in [3.05, 3.63) is 82.9 Å². The summed E-state index contributed by atoms with van der Waals surface area (Å²) in [7, 11) is 0. The fourth-order valence-corrected chi connectivity index (χ4v) is 3.27. The highest BCUT2D eigenvalue weighted by Crippen LogP contribution is 2.41. The van der Waals surface area contributed by atoms with Crippen LogP contribution in [0.25, 0.3) is 0 Å². The van der Waals surface area contributed by atoms with E-state index in [1.54, 1.807) is 6.08 Å². The van der Waals surface area contributed by atoms with Gasteiger partial charge in [-0.2, -0.15) is 0 Å². The fourth-order valence-electron chi connectivity index (χ4n) is 3.27. The minimum atomic E-state index is -0.174. The van der Waals surface area contributed by atoms with E-state index >= 15 is 0 Å². The topological polar surface area (TPSA) is 17.1 Å². The molecule has 1 aliphatic rings. The van der Waals surface area contributed by atoms with Crippen molar-refractivity contribution in [2.75, 3.05) is 0 Å². The van der Waals surface area contributed by atoms with Crippen LogP contribution in [0.3, 0.4) is 0 Å². The molecule has 0 amide bonds. The molecule has 2 aromatic rings. The minimum absolute atomic E-state index is 0.174. The van der Waals surface area contributed by atoms with Gasteiger partial charge in [-0.1, -0.05) is 60.2 Å². The molecule has 1 heteroatoms. The third-order valence-electron chi connectivity index (χ3n) is 4.51. The second-order valence-electron chi connectivity index (χ2n) is 5.95. The van der Waals surface area contributed by atoms with Crippen LogP contribution in [-0.2, 0) is 10.2 Å². The molecule has 1 nitrogen and oxygen atoms in total. The number of hydrogen-bond acceptors (Lipinski definition) is 1. The molecule has 0 saturated carbocycles. The lowest BCUT2D eigenvalue weighted by atomic mass is 9.67. The van der Waals surface area contributed by atoms with Crippen molar-refractivity contribution in [2.45, 2.75) is 32.1 Å². The zero-order valence-corrected chi connectivity index (χ0v) is 12.6. The number of hydrogen-bond donors (Lipinski definition) is 0. The van der Waals surface area contributed by atoms with Gasteiger partial charge < -0.3 is 0 Å². The Bertz CT molecular complexity index is 694. The van der Waals surface area contributed by atoms with Gasteiger partial charge in [0.1, 0.15) is 0 Å². The standard InChI is InChI=1S/C20H20O/c1-15-7-9-17(10-8-15)20(13-11-18(21)12-14-20)19-6-4-3-5-16(19)2/h3-11,13H,12,14H2,1-2H3. The lowest BCUT2D eigenvalue weighted by Gasteiger charge is -2.35. The van der Waals surface area contributed by atoms with Gasteiger partial charge in [0, 0.05) is 11.8 Å². The molecule has 2 aromatic carbocycles. The molecule has 0 heterocycles. The average molecular weight is 276 g/mol. The van der Waals surface area contributed by atoms with Gasteiger partial charge in [0.15, 0.2) is 5.78 Å². The highest BCUT2D eigenvalue weighted by molar-refractivity contribution is 5.91. The summed E-state index contributed by atoms with van der Waals surface area (Å²) >= 11 is 0. The average Bonchev–Trinajstić information content (AvgIpc) is 2.50. The van der Waals surface area contributed by atoms with E-state index in [4.69, 9.17) is 0 Å². The normalized spacial score (nSPS) is 21.5. The molecule has 1 aliphatic carbocycles. The van der Waals surface area contributed by atoms with E-state index in [1.807, 2.05) is 0 Å². The maximum atomic E-state index is 11.7. The summed E-state index contributed by atoms with van der Waals surface area (Å²) in [4.78, 5) is 11.7. The molecule has 106 valence electrons. The molecule has 1 unspecified atom stereocenters. The maximum Gasteiger partial charge on any atom is 0.155 e. The molecule has 0 spiro atoms. The Balaban J connectivity index is 2.21. The number of allylic oxidation sites excluding steroid dienone is 2. The number of ketones is 1. The van der Waals surface area contributed by atoms with Gasteiger partial charge >= 0.3 is 0 Å². The Morgan fingerprint density at radius 3 is 2.29 bits per heavy atom. The summed E-state index contributed by atoms with van der Waals surface area (Å²) in [5, 5.41) is 0. The van der Waals surface area contributed by atoms with Crippen LogP contribution in [0.2, 0.25) is 0 Å². The monoisotopic (exact) mass is 276 g/mol. The highest BCUT2D eigenvalue weighted by atomic mass is 16.1. The second-order valence-corrected chi connectivity index (χ2v) is 5.95. The Labute approximate surface area is 126 Å². The summed E-state index contributed by atoms with van der Waals surface area (Å²) in [6.07, 6.45) is 5.32. The summed E-state index contributed by atoms with van der Waals surface area (Å²) < 4.78 is 0. The number of carbonyl (C=O) groups is 1. The summed E-state index contributed by atoms with van der Waals surface area (Å²) in [5.41, 5.74) is 4.93. The van der Waals surface area contributed by atoms with Crippen LogP contribution in [-0.4, -0.2) is 5.78 Å². The van der Waals surface area contributed by atoms with Crippen LogP contribution in [0.15, 0.2) is 60.7 Å². The number of carbonyl (C=O) groups excluding carboxylic acids is 1. The van der Waals surface area contributed by atoms with Crippen molar-refractivity contribution in [1.29, 1.82) is 0 Å². The lowest BCUT2D eigenvalue weighted by Crippen LogP contribution is -2.30. The van der Waals surface area contributed by atoms with E-state index in [0.29, 0.717) is 6.42 Å². The van der Waals surface area contributed by atoms with Crippen molar-refractivity contribution in [2.24, 2.45) is 0 Å². The van der Waals surface area contributed by atoms with Crippen LogP contribution >= 0.6 is 0 Å². The zero-order valence-electron chi connectivity index (χ0n) is 12.6. The molecule has 0 N–H and O–H groups in total. The Kier molecular flexibility index (Phi) is 3.50. The third-order valence-corrected chi connectivity index (χ3v) is 4.51. The van der Waals surface area contributed by atoms with Crippen LogP contribution in [0.4, 0.5) is 0 Å². The lowest BCUT2D eigenvalue weighted by molar-refractivity contribution is -0.115. The van der Waals surface area contributed by atoms with Crippen molar-refractivity contribution < 1.29 is 4.79 Å². The number of aryl methyl sites for hydroxylation is 2. The molecule has 0 aromatic heterocycles. The third kappa shape index (κ3) is 2.44. The maximum absolute atomic E-state index is 11.7. The molecule has 0 fully saturated rings. The van der Waals surface area contributed by atoms with E-state index in [9.17, 15) is 4.79 Å². The van der Waals surface area contributed by atoms with E-state index in [0.717, 1.165) is 6.42 Å². The van der Waals surface area contributed by atoms with Crippen molar-refractivity contribution in [3.8, 4) is 0 Å². The minimum Gasteiger partial charge on any atom is -0.295 e. The molecule has 0 radical (unpaired) electrons. The molecule has 3 rings (SSSR count). The van der Waals surface area contributed by atoms with E-state index in [2.05, 4.69) is 68.5 Å². The quantitative estimate of drug-likeness (QED) is 0.788. The summed E-state index contributed by atoms with van der Waals surface area (Å²) in [5.74, 6) is 0.228. The van der Waals surface area contributed by atoms with E-state index in [-0.39, 0.29) is 11.2 Å². The number of benzene rings is 2. The van der Waals surface area contributed by atoms with Crippen LogP contribution in [0.1, 0.15) is 35.1 Å². The van der Waals surface area contributed by atoms with Crippen molar-refractivity contribution >= 4 is 5.78 Å². The Morgan fingerprint density at radius 1 is 0.952 bits per heavy atom. The predicted molar refractivity (Wildman–Crippen MR) is 86.5 cm³/mol. The first-order valence-electron chi connectivity index (χ1n) is 7.47. The number of rotatable bonds is 2. The van der Waals surface area contributed by atoms with Crippen molar-refractivity contribution in [3.63, 3.8) is 0 Å². The summed E-state index contributed by atoms with van der Waals surface area (Å²) in [6.45, 7) is 4.25. The predicted octanol–water partition coefficient (Wildman–Crippen LogP) is 4.51. The Hall–Kier alpha value is -2.15. The van der Waals surface area contributed by atoms with Crippen LogP contribution < -0.4 is 0 Å². The van der Waals surface area contributed by atoms with Gasteiger partial charge in [0.2, 0.25) is 0 Å². The molecule has 0 bridgehead atoms. The van der Waals surface area contributed by atoms with Gasteiger partial charge in [-0.3, -0.25) is 4.79 Å². The van der Waals surface area contributed by atoms with Crippen molar-refractivity contribution in [1.82, 2.24) is 0 Å². The van der Waals surface area contributed by atoms with Gasteiger partial charge in [-0.05, 0) is 43.0 Å². The van der Waals surface area contributed by atoms with Gasteiger partial charge in [-0.25, -0.2) is 0 Å². The molecule has 0 saturated heterocycles. The largest absolute Gasteiger partial charge is 0.295 e. The van der Waals surface area contributed by atoms with Crippen LogP contribution in [0, 0.1) is 13.8 Å². The SMILES string of the molecule is Cc1ccc(C2(c3ccccc3C)C=CC(=O)CC2)cc1. The van der Waals surface area contributed by atoms with E-state index < -0.39 is 0 Å². The molecule has 0 aliphatic heterocycles. The smallest absolute Gasteiger partial charge is 0.155 e. The first-order chi connectivity index (χ1) is 10.1. The molecular weight excluding hydrogens is 256 g/mol. The summed E-state index contributed by atoms with van der Waals surface area (Å²) in [6, 6.07) is 17.2. The highest BCUT2D eigenvalue weighted by Gasteiger charge is 2.35. The van der Waals surface area contributed by atoms with Gasteiger partial charge in [0.05, 0.1) is 0 Å². The van der Waals surface area contributed by atoms with E-state index in [1.165, 1.54) is 22.3 Å². The molecule has 21 heavy (non-hydrogen) atoms. The van der Waals surface area contributed by atoms with Gasteiger partial charge in [-0.15, -0.1) is 0 Å². The second kappa shape index (κ2) is 5.33. The zero-order chi connectivity index (χ0) is 14.9. The van der Waals surface area contributed by atoms with Gasteiger partial charge in [0.25, 0.3) is 0 Å².